The molecule has 2 unspecified atom stereocenters. The molecule has 0 bridgehead atoms. The Bertz CT molecular complexity index is 688. The summed E-state index contributed by atoms with van der Waals surface area (Å²) in [5, 5.41) is 13.9. The van der Waals surface area contributed by atoms with Crippen LogP contribution in [0.15, 0.2) is 36.2 Å². The maximum atomic E-state index is 12.9. The smallest absolute Gasteiger partial charge is 0.257 e. The van der Waals surface area contributed by atoms with E-state index in [1.165, 1.54) is 6.20 Å². The van der Waals surface area contributed by atoms with E-state index in [-0.39, 0.29) is 5.91 Å². The largest absolute Gasteiger partial charge is 0.490 e. The predicted molar refractivity (Wildman–Crippen MR) is 104 cm³/mol. The Kier molecular flexibility index (Phi) is 6.85. The average molecular weight is 363 g/mol. The van der Waals surface area contributed by atoms with Crippen LogP contribution in [0.2, 0.25) is 0 Å². The van der Waals surface area contributed by atoms with Crippen molar-refractivity contribution in [2.75, 3.05) is 25.0 Å². The van der Waals surface area contributed by atoms with Gasteiger partial charge in [-0.3, -0.25) is 4.79 Å². The molecular formula is C18H26N3O3P. The molecule has 6 nitrogen and oxygen atoms in total. The molecule has 1 heterocycles. The number of rotatable bonds is 6. The lowest BCUT2D eigenvalue weighted by Gasteiger charge is -2.22. The van der Waals surface area contributed by atoms with Crippen LogP contribution in [0.3, 0.4) is 0 Å². The topological polar surface area (TPSA) is 87.8 Å². The van der Waals surface area contributed by atoms with Gasteiger partial charge in [0.05, 0.1) is 18.2 Å². The molecule has 0 saturated carbocycles. The van der Waals surface area contributed by atoms with Crippen LogP contribution in [0.25, 0.3) is 0 Å². The second kappa shape index (κ2) is 8.88. The molecule has 0 aliphatic carbocycles. The molecule has 7 heteroatoms. The van der Waals surface area contributed by atoms with E-state index in [2.05, 4.69) is 14.6 Å². The number of fused-ring (bicyclic) bond motifs is 1. The number of nitrogens with zero attached hydrogens (tertiary/aromatic N) is 1. The molecule has 0 fully saturated rings. The quantitative estimate of drug-likeness (QED) is 0.528. The Labute approximate surface area is 150 Å². The van der Waals surface area contributed by atoms with Crippen molar-refractivity contribution >= 4 is 26.1 Å². The van der Waals surface area contributed by atoms with Crippen LogP contribution in [0.1, 0.15) is 30.6 Å². The Morgan fingerprint density at radius 3 is 2.96 bits per heavy atom. The van der Waals surface area contributed by atoms with E-state index < -0.39 is 6.10 Å². The van der Waals surface area contributed by atoms with E-state index >= 15 is 0 Å². The summed E-state index contributed by atoms with van der Waals surface area (Å²) in [6.07, 6.45) is 5.15. The van der Waals surface area contributed by atoms with Gasteiger partial charge in [0, 0.05) is 23.2 Å². The first-order chi connectivity index (χ1) is 12.0. The van der Waals surface area contributed by atoms with Gasteiger partial charge in [0.25, 0.3) is 5.91 Å². The van der Waals surface area contributed by atoms with Crippen molar-refractivity contribution in [1.82, 2.24) is 4.90 Å². The highest BCUT2D eigenvalue weighted by Crippen LogP contribution is 2.27. The molecule has 0 saturated heterocycles. The molecule has 1 aromatic carbocycles. The summed E-state index contributed by atoms with van der Waals surface area (Å²) in [6.45, 7) is 4.95. The van der Waals surface area contributed by atoms with Gasteiger partial charge in [-0.25, -0.2) is 0 Å². The van der Waals surface area contributed by atoms with Gasteiger partial charge < -0.3 is 25.8 Å². The molecule has 1 aromatic rings. The summed E-state index contributed by atoms with van der Waals surface area (Å²) in [7, 11) is 2.61. The number of allylic oxidation sites excluding steroid dienone is 2. The van der Waals surface area contributed by atoms with E-state index in [1.807, 2.05) is 26.0 Å². The summed E-state index contributed by atoms with van der Waals surface area (Å²) in [5.41, 5.74) is 7.53. The number of hydrogen-bond donors (Lipinski definition) is 3. The second-order valence-corrected chi connectivity index (χ2v) is 6.45. The fraction of sp³-hybridized carbons (Fsp3) is 0.389. The highest BCUT2D eigenvalue weighted by atomic mass is 31.0. The molecule has 0 spiro atoms. The van der Waals surface area contributed by atoms with Crippen LogP contribution in [-0.4, -0.2) is 41.7 Å². The second-order valence-electron chi connectivity index (χ2n) is 5.83. The minimum atomic E-state index is -0.536. The molecule has 0 aromatic heterocycles. The number of anilines is 1. The number of hydrogen-bond acceptors (Lipinski definition) is 5. The van der Waals surface area contributed by atoms with Gasteiger partial charge in [-0.15, -0.1) is 9.24 Å². The number of aliphatic hydroxyl groups excluding tert-OH is 1. The molecule has 2 rings (SSSR count). The van der Waals surface area contributed by atoms with E-state index in [9.17, 15) is 9.90 Å². The van der Waals surface area contributed by atoms with Crippen LogP contribution in [0.4, 0.5) is 5.69 Å². The lowest BCUT2D eigenvalue weighted by molar-refractivity contribution is 0.0612. The Balaban J connectivity index is 2.35. The van der Waals surface area contributed by atoms with E-state index in [1.54, 1.807) is 17.0 Å². The third-order valence-corrected chi connectivity index (χ3v) is 4.45. The lowest BCUT2D eigenvalue weighted by Crippen LogP contribution is -2.38. The van der Waals surface area contributed by atoms with E-state index in [4.69, 9.17) is 10.5 Å². The van der Waals surface area contributed by atoms with E-state index in [0.717, 1.165) is 16.7 Å². The molecule has 136 valence electrons. The van der Waals surface area contributed by atoms with Crippen LogP contribution in [-0.2, 0) is 0 Å². The van der Waals surface area contributed by atoms with Crippen LogP contribution in [0.5, 0.6) is 5.75 Å². The Morgan fingerprint density at radius 2 is 2.32 bits per heavy atom. The molecule has 2 atom stereocenters. The van der Waals surface area contributed by atoms with Gasteiger partial charge in [0.1, 0.15) is 12.4 Å². The normalized spacial score (nSPS) is 16.4. The van der Waals surface area contributed by atoms with Crippen molar-refractivity contribution in [2.24, 2.45) is 5.73 Å². The maximum absolute atomic E-state index is 12.9. The molecule has 1 aliphatic heterocycles. The van der Waals surface area contributed by atoms with Gasteiger partial charge in [0.2, 0.25) is 0 Å². The highest BCUT2D eigenvalue weighted by molar-refractivity contribution is 7.27. The number of ether oxygens (including phenoxy) is 1. The first kappa shape index (κ1) is 19.3. The van der Waals surface area contributed by atoms with Crippen LogP contribution in [0, 0.1) is 0 Å². The third kappa shape index (κ3) is 4.74. The van der Waals surface area contributed by atoms with Crippen molar-refractivity contribution < 1.29 is 14.6 Å². The number of aliphatic hydroxyl groups is 1. The fourth-order valence-corrected chi connectivity index (χ4v) is 3.03. The van der Waals surface area contributed by atoms with Gasteiger partial charge in [-0.1, -0.05) is 13.0 Å². The molecule has 4 N–H and O–H groups in total. The first-order valence-electron chi connectivity index (χ1n) is 8.35. The summed E-state index contributed by atoms with van der Waals surface area (Å²) >= 11 is 0. The minimum Gasteiger partial charge on any atom is -0.490 e. The first-order valence-corrected chi connectivity index (χ1v) is 8.93. The Hall–Kier alpha value is -2.04. The maximum Gasteiger partial charge on any atom is 0.257 e. The summed E-state index contributed by atoms with van der Waals surface area (Å²) < 4.78 is 5.79. The molecule has 1 aliphatic rings. The number of β-amino-alcohol motifs (C(OH)–C–C–N with tert-alkyl or cyclic N) is 1. The zero-order valence-corrected chi connectivity index (χ0v) is 15.8. The minimum absolute atomic E-state index is 0.135. The summed E-state index contributed by atoms with van der Waals surface area (Å²) in [4.78, 5) is 14.6. The number of amides is 1. The van der Waals surface area contributed by atoms with Crippen molar-refractivity contribution in [1.29, 1.82) is 0 Å². The fourth-order valence-electron chi connectivity index (χ4n) is 2.61. The number of nitrogens with one attached hydrogen (secondary N) is 1. The standard InChI is InChI=1S/C18H26N3O3P/c1-3-12(5-6-19)20-13-9-15-17(16(25)10-13)24-8-7-21(18(15)23)11-14(22)4-2/h3,5-6,9-10,14,20,22H,4,7-8,11,19,25H2,1-2H3/b6-5-,12-3+. The van der Waals surface area contributed by atoms with Gasteiger partial charge in [0.15, 0.2) is 0 Å². The lowest BCUT2D eigenvalue weighted by atomic mass is 10.1. The van der Waals surface area contributed by atoms with Crippen molar-refractivity contribution in [3.05, 3.63) is 41.7 Å². The van der Waals surface area contributed by atoms with Crippen LogP contribution >= 0.6 is 9.24 Å². The van der Waals surface area contributed by atoms with Crippen molar-refractivity contribution in [3.63, 3.8) is 0 Å². The summed E-state index contributed by atoms with van der Waals surface area (Å²) in [5.74, 6) is 0.439. The number of benzene rings is 1. The third-order valence-electron chi connectivity index (χ3n) is 4.02. The van der Waals surface area contributed by atoms with Crippen molar-refractivity contribution in [3.8, 4) is 5.75 Å². The highest BCUT2D eigenvalue weighted by Gasteiger charge is 2.26. The average Bonchev–Trinajstić information content (AvgIpc) is 2.75. The number of nitrogens with two attached hydrogens (primary N) is 1. The van der Waals surface area contributed by atoms with E-state index in [0.29, 0.717) is 37.4 Å². The number of carbonyl (C=O) groups is 1. The predicted octanol–water partition coefficient (Wildman–Crippen LogP) is 1.58. The zero-order valence-electron chi connectivity index (χ0n) is 14.7. The van der Waals surface area contributed by atoms with Crippen molar-refractivity contribution in [2.45, 2.75) is 26.4 Å². The number of carbonyl (C=O) groups excluding carboxylic acids is 1. The van der Waals surface area contributed by atoms with Gasteiger partial charge >= 0.3 is 0 Å². The van der Waals surface area contributed by atoms with Gasteiger partial charge in [-0.2, -0.15) is 0 Å². The Morgan fingerprint density at radius 1 is 1.56 bits per heavy atom. The summed E-state index contributed by atoms with van der Waals surface area (Å²) in [6, 6.07) is 3.68. The molecule has 1 amide bonds. The molecule has 0 radical (unpaired) electrons. The SMILES string of the molecule is C/C=C(\C=C/N)Nc1cc(P)c2c(c1)C(=O)N(CC(O)CC)CCO2. The molecular weight excluding hydrogens is 337 g/mol. The zero-order chi connectivity index (χ0) is 18.4. The van der Waals surface area contributed by atoms with Crippen LogP contribution < -0.4 is 21.1 Å². The van der Waals surface area contributed by atoms with Gasteiger partial charge in [-0.05, 0) is 37.8 Å². The molecule has 25 heavy (non-hydrogen) atoms. The monoisotopic (exact) mass is 363 g/mol.